The van der Waals surface area contributed by atoms with Crippen LogP contribution < -0.4 is 25.2 Å². The summed E-state index contributed by atoms with van der Waals surface area (Å²) in [7, 11) is -6.25. The van der Waals surface area contributed by atoms with Crippen LogP contribution in [0.15, 0.2) is 65.6 Å². The molecule has 3 aromatic carbocycles. The maximum atomic E-state index is 12.6. The van der Waals surface area contributed by atoms with Crippen molar-refractivity contribution >= 4 is 58.6 Å². The summed E-state index contributed by atoms with van der Waals surface area (Å²) >= 11 is 5.72. The van der Waals surface area contributed by atoms with Gasteiger partial charge in [0.2, 0.25) is 5.95 Å². The average Bonchev–Trinajstić information content (AvgIpc) is 3.15. The number of nitrogens with zero attached hydrogens (tertiary/aromatic N) is 4. The molecule has 4 rings (SSSR count). The molecule has 4 aromatic rings. The van der Waals surface area contributed by atoms with E-state index in [1.807, 2.05) is 0 Å². The van der Waals surface area contributed by atoms with Crippen LogP contribution in [0.5, 0.6) is 17.5 Å². The van der Waals surface area contributed by atoms with E-state index in [0.29, 0.717) is 6.07 Å². The highest BCUT2D eigenvalue weighted by Crippen LogP contribution is 2.38. The van der Waals surface area contributed by atoms with E-state index in [9.17, 15) is 63.8 Å². The molecule has 0 saturated heterocycles. The zero-order valence-corrected chi connectivity index (χ0v) is 34.9. The van der Waals surface area contributed by atoms with Crippen molar-refractivity contribution in [3.8, 4) is 17.5 Å². The van der Waals surface area contributed by atoms with Crippen LogP contribution in [-0.2, 0) is 32.0 Å². The number of hydrogen-bond donors (Lipinski definition) is 6. The van der Waals surface area contributed by atoms with E-state index < -0.39 is 93.2 Å². The second-order valence-electron chi connectivity index (χ2n) is 12.5. The summed E-state index contributed by atoms with van der Waals surface area (Å²) in [4.78, 5) is 62.7. The minimum absolute atomic E-state index is 0.0412. The predicted molar refractivity (Wildman–Crippen MR) is 209 cm³/mol. The van der Waals surface area contributed by atoms with Crippen LogP contribution in [0.4, 0.5) is 42.8 Å². The van der Waals surface area contributed by atoms with Crippen LogP contribution >= 0.6 is 19.0 Å². The lowest BCUT2D eigenvalue weighted by atomic mass is 10.1. The SMILES string of the molecule is COc1nc(C)nc(NC(=O)NS(=O)(=O)c2ccccc2CCC(F)(F)F)n1.CP(=O)(O)CCC(N)C(=O)O.O=C(O)c1cc(Oc2ccc(C(F)(F)F)cc2Cl)ccc1[N+](=O)[O-]. The van der Waals surface area contributed by atoms with Crippen molar-refractivity contribution in [1.29, 1.82) is 0 Å². The largest absolute Gasteiger partial charge is 0.480 e. The molecule has 344 valence electrons. The number of sulfonamides is 1. The van der Waals surface area contributed by atoms with Gasteiger partial charge in [-0.25, -0.2) is 22.7 Å². The maximum Gasteiger partial charge on any atom is 0.416 e. The number of carbonyl (C=O) groups is 3. The van der Waals surface area contributed by atoms with Gasteiger partial charge in [0.25, 0.3) is 15.7 Å². The monoisotopic (exact) mass is 961 g/mol. The summed E-state index contributed by atoms with van der Waals surface area (Å²) in [6, 6.07) is 8.04. The molecular weight excluding hydrogens is 927 g/mol. The number of alkyl halides is 6. The maximum absolute atomic E-state index is 12.6. The molecular formula is C34H35ClF6N7O13PS. The van der Waals surface area contributed by atoms with Crippen molar-refractivity contribution in [2.24, 2.45) is 5.73 Å². The number of methoxy groups -OCH3 is 1. The Morgan fingerprint density at radius 3 is 2.17 bits per heavy atom. The molecule has 0 saturated carbocycles. The summed E-state index contributed by atoms with van der Waals surface area (Å²) in [6.07, 6.45) is -10.8. The lowest BCUT2D eigenvalue weighted by molar-refractivity contribution is -0.385. The van der Waals surface area contributed by atoms with Gasteiger partial charge < -0.3 is 30.3 Å². The molecule has 2 atom stereocenters. The third kappa shape index (κ3) is 18.4. The minimum atomic E-state index is -4.58. The number of ether oxygens (including phenoxy) is 2. The number of nitrogens with one attached hydrogen (secondary N) is 2. The molecule has 0 aliphatic heterocycles. The number of carboxylic acid groups (broad SMARTS) is 2. The van der Waals surface area contributed by atoms with Crippen molar-refractivity contribution in [1.82, 2.24) is 19.7 Å². The third-order valence-electron chi connectivity index (χ3n) is 7.36. The average molecular weight is 962 g/mol. The highest BCUT2D eigenvalue weighted by Gasteiger charge is 2.32. The Bertz CT molecular complexity index is 2460. The Morgan fingerprint density at radius 2 is 1.65 bits per heavy atom. The molecule has 29 heteroatoms. The number of hydrogen-bond acceptors (Lipinski definition) is 14. The second-order valence-corrected chi connectivity index (χ2v) is 17.1. The van der Waals surface area contributed by atoms with Crippen LogP contribution in [-0.4, -0.2) is 93.5 Å². The smallest absolute Gasteiger partial charge is 0.416 e. The van der Waals surface area contributed by atoms with E-state index in [2.05, 4.69) is 20.3 Å². The molecule has 0 fully saturated rings. The van der Waals surface area contributed by atoms with Gasteiger partial charge in [0.15, 0.2) is 7.37 Å². The number of aliphatic carboxylic acids is 1. The Kier molecular flexibility index (Phi) is 18.7. The Balaban J connectivity index is 0.000000355. The van der Waals surface area contributed by atoms with Crippen molar-refractivity contribution in [2.45, 2.75) is 49.5 Å². The molecule has 2 unspecified atom stereocenters. The zero-order valence-electron chi connectivity index (χ0n) is 32.5. The number of halogens is 7. The number of urea groups is 1. The van der Waals surface area contributed by atoms with Crippen molar-refractivity contribution < 1.29 is 83.2 Å². The number of aryl methyl sites for hydroxylation is 2. The molecule has 0 spiro atoms. The first-order valence-corrected chi connectivity index (χ1v) is 21.2. The quantitative estimate of drug-likeness (QED) is 0.0334. The van der Waals surface area contributed by atoms with Gasteiger partial charge in [0, 0.05) is 31.4 Å². The number of anilines is 1. The number of rotatable bonds is 14. The van der Waals surface area contributed by atoms with Gasteiger partial charge in [-0.05, 0) is 55.7 Å². The summed E-state index contributed by atoms with van der Waals surface area (Å²) in [5.41, 5.74) is 2.77. The molecule has 1 aromatic heterocycles. The molecule has 0 radical (unpaired) electrons. The lowest BCUT2D eigenvalue weighted by Gasteiger charge is -2.13. The normalized spacial score (nSPS) is 12.8. The van der Waals surface area contributed by atoms with E-state index >= 15 is 0 Å². The van der Waals surface area contributed by atoms with Gasteiger partial charge >= 0.3 is 36.3 Å². The Labute approximate surface area is 357 Å². The summed E-state index contributed by atoms with van der Waals surface area (Å²) < 4.78 is 122. The first kappa shape index (κ1) is 53.0. The zero-order chi connectivity index (χ0) is 48.1. The van der Waals surface area contributed by atoms with E-state index in [1.165, 1.54) is 38.9 Å². The number of amides is 2. The van der Waals surface area contributed by atoms with E-state index in [0.717, 1.165) is 36.4 Å². The summed E-state index contributed by atoms with van der Waals surface area (Å²) in [5.74, 6) is -3.02. The van der Waals surface area contributed by atoms with E-state index in [-0.39, 0.29) is 52.5 Å². The molecule has 0 bridgehead atoms. The third-order valence-corrected chi connectivity index (χ3v) is 10.2. The Hall–Kier alpha value is -6.15. The standard InChI is InChI=1S/C15H16F3N5O4S.C14H7ClF3NO5.C5H12NO4P/c1-9-19-12(22-14(20-9)27-2)21-13(24)23-28(25,26)11-6-4-3-5-10(11)7-8-15(16,17)18;15-10-5-7(14(16,17)18)1-4-12(10)24-8-2-3-11(19(22)23)9(6-8)13(20)21;1-11(9,10)3-2-4(6)5(7)8/h3-6H,7-8H2,1-2H3,(H2,19,20,21,22,23,24);1-6H,(H,20,21);4H,2-3,6H2,1H3,(H,7,8)(H,9,10). The second kappa shape index (κ2) is 22.3. The molecule has 1 heterocycles. The highest BCUT2D eigenvalue weighted by molar-refractivity contribution is 7.90. The Morgan fingerprint density at radius 1 is 1.02 bits per heavy atom. The lowest BCUT2D eigenvalue weighted by Crippen LogP contribution is -2.35. The number of aromatic nitrogens is 3. The predicted octanol–water partition coefficient (Wildman–Crippen LogP) is 6.64. The van der Waals surface area contributed by atoms with E-state index in [4.69, 9.17) is 41.9 Å². The summed E-state index contributed by atoms with van der Waals surface area (Å²) in [5, 5.41) is 29.8. The van der Waals surface area contributed by atoms with Gasteiger partial charge in [-0.3, -0.25) is 24.8 Å². The van der Waals surface area contributed by atoms with Gasteiger partial charge in [-0.1, -0.05) is 29.8 Å². The fourth-order valence-corrected chi connectivity index (χ4v) is 6.61. The number of carboxylic acids is 2. The first-order chi connectivity index (χ1) is 28.9. The van der Waals surface area contributed by atoms with Crippen LogP contribution in [0.3, 0.4) is 0 Å². The van der Waals surface area contributed by atoms with Gasteiger partial charge in [0.1, 0.15) is 28.9 Å². The number of carbonyl (C=O) groups excluding carboxylic acids is 1. The molecule has 7 N–H and O–H groups in total. The fourth-order valence-electron chi connectivity index (χ4n) is 4.46. The molecule has 0 aliphatic rings. The molecule has 63 heavy (non-hydrogen) atoms. The van der Waals surface area contributed by atoms with Crippen LogP contribution in [0.2, 0.25) is 5.02 Å². The van der Waals surface area contributed by atoms with E-state index in [1.54, 1.807) is 4.72 Å². The van der Waals surface area contributed by atoms with Crippen LogP contribution in [0.1, 0.15) is 40.2 Å². The number of nitrogens with two attached hydrogens (primary N) is 1. The number of nitro benzene ring substituents is 1. The first-order valence-electron chi connectivity index (χ1n) is 17.0. The van der Waals surface area contributed by atoms with Gasteiger partial charge in [-0.2, -0.15) is 41.3 Å². The fraction of sp³-hybridized carbons (Fsp3) is 0.294. The molecule has 0 aliphatic carbocycles. The van der Waals surface area contributed by atoms with Gasteiger partial charge in [-0.15, -0.1) is 0 Å². The van der Waals surface area contributed by atoms with Crippen LogP contribution in [0, 0.1) is 17.0 Å². The molecule has 2 amide bonds. The highest BCUT2D eigenvalue weighted by atomic mass is 35.5. The number of nitro groups is 1. The number of aromatic carboxylic acids is 1. The van der Waals surface area contributed by atoms with Crippen molar-refractivity contribution in [3.05, 3.63) is 98.3 Å². The summed E-state index contributed by atoms with van der Waals surface area (Å²) in [6.45, 7) is 2.68. The molecule has 20 nitrogen and oxygen atoms in total. The minimum Gasteiger partial charge on any atom is -0.480 e. The van der Waals surface area contributed by atoms with Crippen molar-refractivity contribution in [3.63, 3.8) is 0 Å². The van der Waals surface area contributed by atoms with Crippen LogP contribution in [0.25, 0.3) is 0 Å². The number of benzene rings is 3. The van der Waals surface area contributed by atoms with Crippen molar-refractivity contribution in [2.75, 3.05) is 25.3 Å². The topological polar surface area (TPSA) is 313 Å². The van der Waals surface area contributed by atoms with Gasteiger partial charge in [0.05, 0.1) is 27.5 Å².